The minimum Gasteiger partial charge on any atom is -0.492 e. The zero-order valence-electron chi connectivity index (χ0n) is 9.84. The predicted octanol–water partition coefficient (Wildman–Crippen LogP) is 3.63. The first-order chi connectivity index (χ1) is 8.19. The molecule has 0 aliphatic heterocycles. The van der Waals surface area contributed by atoms with Crippen molar-refractivity contribution in [2.45, 2.75) is 12.8 Å². The molecule has 17 heavy (non-hydrogen) atoms. The summed E-state index contributed by atoms with van der Waals surface area (Å²) in [6.45, 7) is 1.22. The molecule has 1 aromatic carbocycles. The number of ether oxygens (including phenoxy) is 1. The van der Waals surface area contributed by atoms with Gasteiger partial charge in [-0.25, -0.2) is 0 Å². The van der Waals surface area contributed by atoms with Crippen molar-refractivity contribution in [1.29, 1.82) is 0 Å². The molecule has 0 bridgehead atoms. The average Bonchev–Trinajstić information content (AvgIpc) is 2.27. The molecule has 1 rings (SSSR count). The van der Waals surface area contributed by atoms with Crippen LogP contribution in [0.3, 0.4) is 0 Å². The fourth-order valence-corrected chi connectivity index (χ4v) is 2.49. The van der Waals surface area contributed by atoms with Crippen molar-refractivity contribution in [3.63, 3.8) is 0 Å². The molecule has 0 fully saturated rings. The molecule has 0 radical (unpaired) electrons. The summed E-state index contributed by atoms with van der Waals surface area (Å²) in [5, 5.41) is 1.18. The van der Waals surface area contributed by atoms with E-state index in [4.69, 9.17) is 33.7 Å². The lowest BCUT2D eigenvalue weighted by Crippen LogP contribution is -2.07. The quantitative estimate of drug-likeness (QED) is 0.780. The highest BCUT2D eigenvalue weighted by molar-refractivity contribution is 7.98. The van der Waals surface area contributed by atoms with Gasteiger partial charge < -0.3 is 10.5 Å². The largest absolute Gasteiger partial charge is 0.492 e. The third-order valence-electron chi connectivity index (χ3n) is 2.24. The molecule has 0 spiro atoms. The molecule has 2 nitrogen and oxygen atoms in total. The van der Waals surface area contributed by atoms with E-state index in [-0.39, 0.29) is 0 Å². The number of benzene rings is 1. The third-order valence-corrected chi connectivity index (χ3v) is 3.43. The van der Waals surface area contributed by atoms with Crippen molar-refractivity contribution in [3.05, 3.63) is 27.7 Å². The summed E-state index contributed by atoms with van der Waals surface area (Å²) in [5.74, 6) is 1.81. The number of rotatable bonds is 7. The molecule has 0 heterocycles. The SMILES string of the molecule is CSCCCOc1c(Cl)cc(Cl)cc1CCN. The van der Waals surface area contributed by atoms with Gasteiger partial charge in [0, 0.05) is 5.02 Å². The van der Waals surface area contributed by atoms with Gasteiger partial charge in [0.1, 0.15) is 5.75 Å². The third kappa shape index (κ3) is 4.96. The van der Waals surface area contributed by atoms with Gasteiger partial charge in [0.15, 0.2) is 0 Å². The van der Waals surface area contributed by atoms with E-state index in [2.05, 4.69) is 6.26 Å². The monoisotopic (exact) mass is 293 g/mol. The fraction of sp³-hybridized carbons (Fsp3) is 0.500. The van der Waals surface area contributed by atoms with Gasteiger partial charge in [-0.2, -0.15) is 11.8 Å². The molecule has 1 aromatic rings. The molecule has 5 heteroatoms. The van der Waals surface area contributed by atoms with Crippen LogP contribution in [-0.2, 0) is 6.42 Å². The van der Waals surface area contributed by atoms with Gasteiger partial charge in [-0.15, -0.1) is 0 Å². The van der Waals surface area contributed by atoms with E-state index in [1.807, 2.05) is 6.07 Å². The molecule has 0 aliphatic rings. The molecule has 0 aromatic heterocycles. The highest BCUT2D eigenvalue weighted by Gasteiger charge is 2.10. The molecule has 2 N–H and O–H groups in total. The average molecular weight is 294 g/mol. The van der Waals surface area contributed by atoms with Crippen LogP contribution in [0.2, 0.25) is 10.0 Å². The number of hydrogen-bond donors (Lipinski definition) is 1. The van der Waals surface area contributed by atoms with Gasteiger partial charge in [0.25, 0.3) is 0 Å². The summed E-state index contributed by atoms with van der Waals surface area (Å²) in [7, 11) is 0. The Balaban J connectivity index is 2.73. The van der Waals surface area contributed by atoms with Gasteiger partial charge in [0.05, 0.1) is 11.6 Å². The highest BCUT2D eigenvalue weighted by atomic mass is 35.5. The van der Waals surface area contributed by atoms with Crippen molar-refractivity contribution in [3.8, 4) is 5.75 Å². The molecule has 0 aliphatic carbocycles. The Labute approximate surface area is 117 Å². The molecule has 0 amide bonds. The fourth-order valence-electron chi connectivity index (χ4n) is 1.49. The summed E-state index contributed by atoms with van der Waals surface area (Å²) < 4.78 is 5.72. The van der Waals surface area contributed by atoms with Crippen LogP contribution in [0.15, 0.2) is 12.1 Å². The second kappa shape index (κ2) is 8.09. The molecule has 96 valence electrons. The van der Waals surface area contributed by atoms with E-state index in [9.17, 15) is 0 Å². The van der Waals surface area contributed by atoms with E-state index in [1.54, 1.807) is 17.8 Å². The maximum Gasteiger partial charge on any atom is 0.141 e. The van der Waals surface area contributed by atoms with Gasteiger partial charge in [-0.05, 0) is 49.1 Å². The Morgan fingerprint density at radius 2 is 2.12 bits per heavy atom. The van der Waals surface area contributed by atoms with Crippen LogP contribution >= 0.6 is 35.0 Å². The highest BCUT2D eigenvalue weighted by Crippen LogP contribution is 2.32. The zero-order valence-corrected chi connectivity index (χ0v) is 12.2. The normalized spacial score (nSPS) is 10.6. The first kappa shape index (κ1) is 15.0. The molecular formula is C12H17Cl2NOS. The van der Waals surface area contributed by atoms with Crippen LogP contribution in [0.1, 0.15) is 12.0 Å². The Kier molecular flexibility index (Phi) is 7.12. The van der Waals surface area contributed by atoms with E-state index in [0.29, 0.717) is 23.2 Å². The first-order valence-electron chi connectivity index (χ1n) is 5.48. The van der Waals surface area contributed by atoms with Crippen molar-refractivity contribution in [2.24, 2.45) is 5.73 Å². The van der Waals surface area contributed by atoms with Crippen LogP contribution in [-0.4, -0.2) is 25.2 Å². The van der Waals surface area contributed by atoms with Crippen LogP contribution in [0.25, 0.3) is 0 Å². The second-order valence-electron chi connectivity index (χ2n) is 3.61. The number of halogens is 2. The van der Waals surface area contributed by atoms with Gasteiger partial charge in [-0.3, -0.25) is 0 Å². The van der Waals surface area contributed by atoms with E-state index in [0.717, 1.165) is 29.9 Å². The minimum atomic E-state index is 0.553. The van der Waals surface area contributed by atoms with Crippen molar-refractivity contribution in [1.82, 2.24) is 0 Å². The van der Waals surface area contributed by atoms with Crippen LogP contribution in [0, 0.1) is 0 Å². The topological polar surface area (TPSA) is 35.2 Å². The van der Waals surface area contributed by atoms with Gasteiger partial charge in [-0.1, -0.05) is 23.2 Å². The van der Waals surface area contributed by atoms with Crippen LogP contribution < -0.4 is 10.5 Å². The smallest absolute Gasteiger partial charge is 0.141 e. The lowest BCUT2D eigenvalue weighted by Gasteiger charge is -2.13. The summed E-state index contributed by atoms with van der Waals surface area (Å²) in [6.07, 6.45) is 3.80. The molecule has 0 atom stereocenters. The Morgan fingerprint density at radius 3 is 2.76 bits per heavy atom. The summed E-state index contributed by atoms with van der Waals surface area (Å²) >= 11 is 13.9. The lowest BCUT2D eigenvalue weighted by atomic mass is 10.1. The summed E-state index contributed by atoms with van der Waals surface area (Å²) in [5.41, 5.74) is 6.54. The van der Waals surface area contributed by atoms with E-state index >= 15 is 0 Å². The lowest BCUT2D eigenvalue weighted by molar-refractivity contribution is 0.315. The van der Waals surface area contributed by atoms with Crippen LogP contribution in [0.4, 0.5) is 0 Å². The van der Waals surface area contributed by atoms with E-state index < -0.39 is 0 Å². The number of nitrogens with two attached hydrogens (primary N) is 1. The van der Waals surface area contributed by atoms with Gasteiger partial charge in [0.2, 0.25) is 0 Å². The Hall–Kier alpha value is -0.0900. The predicted molar refractivity (Wildman–Crippen MR) is 77.7 cm³/mol. The van der Waals surface area contributed by atoms with Crippen molar-refractivity contribution < 1.29 is 4.74 Å². The molecule has 0 saturated carbocycles. The summed E-state index contributed by atoms with van der Waals surface area (Å²) in [6, 6.07) is 3.57. The van der Waals surface area contributed by atoms with Crippen molar-refractivity contribution >= 4 is 35.0 Å². The standard InChI is InChI=1S/C12H17Cl2NOS/c1-17-6-2-5-16-12-9(3-4-15)7-10(13)8-11(12)14/h7-8H,2-6,15H2,1H3. The summed E-state index contributed by atoms with van der Waals surface area (Å²) in [4.78, 5) is 0. The van der Waals surface area contributed by atoms with Crippen LogP contribution in [0.5, 0.6) is 5.75 Å². The second-order valence-corrected chi connectivity index (χ2v) is 5.44. The minimum absolute atomic E-state index is 0.553. The maximum absolute atomic E-state index is 6.13. The molecule has 0 saturated heterocycles. The number of hydrogen-bond acceptors (Lipinski definition) is 3. The molecular weight excluding hydrogens is 277 g/mol. The first-order valence-corrected chi connectivity index (χ1v) is 7.63. The Morgan fingerprint density at radius 1 is 1.35 bits per heavy atom. The maximum atomic E-state index is 6.13. The van der Waals surface area contributed by atoms with E-state index in [1.165, 1.54) is 0 Å². The Bertz CT molecular complexity index is 361. The molecule has 0 unspecified atom stereocenters. The van der Waals surface area contributed by atoms with Gasteiger partial charge >= 0.3 is 0 Å². The van der Waals surface area contributed by atoms with Crippen molar-refractivity contribution in [2.75, 3.05) is 25.2 Å². The number of thioether (sulfide) groups is 1. The zero-order chi connectivity index (χ0) is 12.7.